The largest absolute Gasteiger partial charge is 0.372 e. The average molecular weight is 385 g/mol. The first kappa shape index (κ1) is 17.9. The van der Waals surface area contributed by atoms with Crippen LogP contribution in [0.3, 0.4) is 0 Å². The molecule has 3 heterocycles. The number of fused-ring (bicyclic) bond motifs is 1. The third kappa shape index (κ3) is 3.31. The molecule has 1 saturated heterocycles. The Morgan fingerprint density at radius 2 is 1.93 bits per heavy atom. The highest BCUT2D eigenvalue weighted by Gasteiger charge is 2.27. The molecule has 1 fully saturated rings. The van der Waals surface area contributed by atoms with E-state index in [1.54, 1.807) is 12.3 Å². The summed E-state index contributed by atoms with van der Waals surface area (Å²) in [4.78, 5) is 23.9. The quantitative estimate of drug-likeness (QED) is 0.678. The maximum atomic E-state index is 12.9. The van der Waals surface area contributed by atoms with Crippen molar-refractivity contribution in [1.82, 2.24) is 19.4 Å². The number of rotatable bonds is 2. The normalized spacial score (nSPS) is 20.2. The van der Waals surface area contributed by atoms with Crippen LogP contribution in [0, 0.1) is 0 Å². The van der Waals surface area contributed by atoms with Gasteiger partial charge in [-0.05, 0) is 32.0 Å². The summed E-state index contributed by atoms with van der Waals surface area (Å²) < 4.78 is 7.61. The third-order valence-corrected chi connectivity index (χ3v) is 5.11. The Balaban J connectivity index is 1.71. The van der Waals surface area contributed by atoms with Crippen LogP contribution in [0.2, 0.25) is 5.02 Å². The predicted octanol–water partition coefficient (Wildman–Crippen LogP) is 3.54. The molecular formula is C20H21ClN4O2. The number of amides is 1. The zero-order valence-electron chi connectivity index (χ0n) is 15.5. The number of ether oxygens (including phenoxy) is 1. The summed E-state index contributed by atoms with van der Waals surface area (Å²) in [6.45, 7) is 5.11. The summed E-state index contributed by atoms with van der Waals surface area (Å²) in [5.41, 5.74) is 2.76. The van der Waals surface area contributed by atoms with E-state index in [9.17, 15) is 4.79 Å². The van der Waals surface area contributed by atoms with Crippen LogP contribution in [0.25, 0.3) is 22.6 Å². The van der Waals surface area contributed by atoms with Crippen molar-refractivity contribution in [3.8, 4) is 11.4 Å². The van der Waals surface area contributed by atoms with Crippen molar-refractivity contribution >= 4 is 28.7 Å². The Morgan fingerprint density at radius 3 is 2.63 bits per heavy atom. The van der Waals surface area contributed by atoms with Crippen molar-refractivity contribution in [1.29, 1.82) is 0 Å². The molecule has 0 spiro atoms. The highest BCUT2D eigenvalue weighted by Crippen LogP contribution is 2.29. The number of aryl methyl sites for hydroxylation is 1. The standard InChI is InChI=1S/C20H21ClN4O2/c1-12-10-25(11-13(2)27-12)20(26)14-8-17-19(22-9-14)24(3)18(23-17)15-6-4-5-7-16(15)21/h4-9,12-13H,10-11H2,1-3H3/t12-,13+. The van der Waals surface area contributed by atoms with E-state index < -0.39 is 0 Å². The van der Waals surface area contributed by atoms with E-state index in [1.165, 1.54) is 0 Å². The number of halogens is 1. The second kappa shape index (κ2) is 6.94. The van der Waals surface area contributed by atoms with Crippen LogP contribution in [0.15, 0.2) is 36.5 Å². The highest BCUT2D eigenvalue weighted by atomic mass is 35.5. The molecule has 1 aliphatic heterocycles. The number of aromatic nitrogens is 3. The first-order chi connectivity index (χ1) is 12.9. The van der Waals surface area contributed by atoms with Crippen molar-refractivity contribution in [2.45, 2.75) is 26.1 Å². The molecule has 6 nitrogen and oxygen atoms in total. The minimum Gasteiger partial charge on any atom is -0.372 e. The lowest BCUT2D eigenvalue weighted by molar-refractivity contribution is -0.0586. The van der Waals surface area contributed by atoms with E-state index in [4.69, 9.17) is 16.3 Å². The molecule has 1 aromatic carbocycles. The molecule has 3 aromatic rings. The van der Waals surface area contributed by atoms with Gasteiger partial charge in [-0.2, -0.15) is 0 Å². The number of carbonyl (C=O) groups is 1. The van der Waals surface area contributed by atoms with Gasteiger partial charge in [0.2, 0.25) is 0 Å². The maximum absolute atomic E-state index is 12.9. The van der Waals surface area contributed by atoms with Gasteiger partial charge in [0.15, 0.2) is 5.65 Å². The monoisotopic (exact) mass is 384 g/mol. The number of hydrogen-bond donors (Lipinski definition) is 0. The Morgan fingerprint density at radius 1 is 1.22 bits per heavy atom. The van der Waals surface area contributed by atoms with E-state index >= 15 is 0 Å². The second-order valence-electron chi connectivity index (χ2n) is 7.01. The molecule has 2 aromatic heterocycles. The summed E-state index contributed by atoms with van der Waals surface area (Å²) in [6, 6.07) is 9.36. The fourth-order valence-corrected chi connectivity index (χ4v) is 3.82. The van der Waals surface area contributed by atoms with E-state index in [0.717, 1.165) is 11.4 Å². The SMILES string of the molecule is C[C@@H]1CN(C(=O)c2cnc3c(c2)nc(-c2ccccc2Cl)n3C)C[C@H](C)O1. The van der Waals surface area contributed by atoms with E-state index in [0.29, 0.717) is 34.8 Å². The van der Waals surface area contributed by atoms with Crippen LogP contribution < -0.4 is 0 Å². The average Bonchev–Trinajstić information content (AvgIpc) is 2.96. The molecule has 0 bridgehead atoms. The Kier molecular flexibility index (Phi) is 4.61. The van der Waals surface area contributed by atoms with Gasteiger partial charge >= 0.3 is 0 Å². The number of pyridine rings is 1. The number of carbonyl (C=O) groups excluding carboxylic acids is 1. The lowest BCUT2D eigenvalue weighted by Gasteiger charge is -2.35. The summed E-state index contributed by atoms with van der Waals surface area (Å²) in [7, 11) is 1.90. The summed E-state index contributed by atoms with van der Waals surface area (Å²) in [5.74, 6) is 0.678. The Hall–Kier alpha value is -2.44. The van der Waals surface area contributed by atoms with Crippen molar-refractivity contribution < 1.29 is 9.53 Å². The Bertz CT molecular complexity index is 1010. The lowest BCUT2D eigenvalue weighted by Crippen LogP contribution is -2.48. The Labute approximate surface area is 162 Å². The molecule has 0 saturated carbocycles. The van der Waals surface area contributed by atoms with Crippen LogP contribution in [-0.4, -0.2) is 50.6 Å². The number of morpholine rings is 1. The number of imidazole rings is 1. The van der Waals surface area contributed by atoms with Gasteiger partial charge in [-0.1, -0.05) is 23.7 Å². The van der Waals surface area contributed by atoms with E-state index in [2.05, 4.69) is 9.97 Å². The first-order valence-corrected chi connectivity index (χ1v) is 9.34. The fraction of sp³-hybridized carbons (Fsp3) is 0.350. The maximum Gasteiger partial charge on any atom is 0.255 e. The topological polar surface area (TPSA) is 60.2 Å². The van der Waals surface area contributed by atoms with Gasteiger partial charge in [0.25, 0.3) is 5.91 Å². The zero-order valence-corrected chi connectivity index (χ0v) is 16.3. The van der Waals surface area contributed by atoms with Crippen molar-refractivity contribution in [3.63, 3.8) is 0 Å². The molecule has 1 aliphatic rings. The molecule has 0 N–H and O–H groups in total. The predicted molar refractivity (Wildman–Crippen MR) is 105 cm³/mol. The van der Waals surface area contributed by atoms with Crippen molar-refractivity contribution in [2.75, 3.05) is 13.1 Å². The van der Waals surface area contributed by atoms with Crippen LogP contribution in [0.4, 0.5) is 0 Å². The number of nitrogens with zero attached hydrogens (tertiary/aromatic N) is 4. The van der Waals surface area contributed by atoms with Crippen molar-refractivity contribution in [3.05, 3.63) is 47.1 Å². The summed E-state index contributed by atoms with van der Waals surface area (Å²) in [5, 5.41) is 0.628. The summed E-state index contributed by atoms with van der Waals surface area (Å²) in [6.07, 6.45) is 1.67. The molecule has 27 heavy (non-hydrogen) atoms. The molecule has 2 atom stereocenters. The van der Waals surface area contributed by atoms with Crippen LogP contribution >= 0.6 is 11.6 Å². The molecule has 0 radical (unpaired) electrons. The molecule has 140 valence electrons. The van der Waals surface area contributed by atoms with Gasteiger partial charge in [-0.3, -0.25) is 4.79 Å². The van der Waals surface area contributed by atoms with E-state index in [1.807, 2.05) is 54.6 Å². The van der Waals surface area contributed by atoms with Gasteiger partial charge in [0.05, 0.1) is 22.8 Å². The zero-order chi connectivity index (χ0) is 19.1. The van der Waals surface area contributed by atoms with Gasteiger partial charge in [-0.15, -0.1) is 0 Å². The lowest BCUT2D eigenvalue weighted by atomic mass is 10.2. The van der Waals surface area contributed by atoms with Gasteiger partial charge in [0.1, 0.15) is 11.3 Å². The number of benzene rings is 1. The molecule has 0 aliphatic carbocycles. The van der Waals surface area contributed by atoms with Gasteiger partial charge < -0.3 is 14.2 Å². The fourth-order valence-electron chi connectivity index (χ4n) is 3.60. The van der Waals surface area contributed by atoms with Gasteiger partial charge in [0, 0.05) is 31.9 Å². The van der Waals surface area contributed by atoms with Gasteiger partial charge in [-0.25, -0.2) is 9.97 Å². The molecule has 4 rings (SSSR count). The molecule has 0 unspecified atom stereocenters. The summed E-state index contributed by atoms with van der Waals surface area (Å²) >= 11 is 6.32. The van der Waals surface area contributed by atoms with Crippen molar-refractivity contribution in [2.24, 2.45) is 7.05 Å². The third-order valence-electron chi connectivity index (χ3n) is 4.78. The van der Waals surface area contributed by atoms with Crippen LogP contribution in [0.5, 0.6) is 0 Å². The second-order valence-corrected chi connectivity index (χ2v) is 7.42. The molecule has 1 amide bonds. The molecule has 7 heteroatoms. The first-order valence-electron chi connectivity index (χ1n) is 8.96. The minimum absolute atomic E-state index is 0.0241. The smallest absolute Gasteiger partial charge is 0.255 e. The number of hydrogen-bond acceptors (Lipinski definition) is 4. The van der Waals surface area contributed by atoms with E-state index in [-0.39, 0.29) is 18.1 Å². The van der Waals surface area contributed by atoms with Crippen LogP contribution in [0.1, 0.15) is 24.2 Å². The highest BCUT2D eigenvalue weighted by molar-refractivity contribution is 6.33. The minimum atomic E-state index is -0.0450. The van der Waals surface area contributed by atoms with Crippen LogP contribution in [-0.2, 0) is 11.8 Å². The molecular weight excluding hydrogens is 364 g/mol.